The average Bonchev–Trinajstić information content (AvgIpc) is 3.50. The molecule has 0 bridgehead atoms. The first-order valence-electron chi connectivity index (χ1n) is 13.0. The second kappa shape index (κ2) is 13.2. The number of carboxylic acid groups (broad SMARTS) is 1. The number of anilines is 3. The minimum atomic E-state index is -4.06. The molecule has 43 heavy (non-hydrogen) atoms. The molecule has 0 fully saturated rings. The molecule has 0 saturated heterocycles. The molecule has 0 saturated carbocycles. The minimum Gasteiger partial charge on any atom is -0.480 e. The molecule has 4 rings (SSSR count). The summed E-state index contributed by atoms with van der Waals surface area (Å²) in [5.74, 6) is -0.741. The Bertz CT molecular complexity index is 1660. The maximum absolute atomic E-state index is 13.4. The van der Waals surface area contributed by atoms with E-state index in [0.717, 1.165) is 9.87 Å². The number of nitrogens with one attached hydrogen (secondary N) is 2. The second-order valence-corrected chi connectivity index (χ2v) is 11.6. The Hall–Kier alpha value is -5.18. The van der Waals surface area contributed by atoms with Crippen LogP contribution in [0.3, 0.4) is 0 Å². The first kappa shape index (κ1) is 30.8. The number of nitrogens with zero attached hydrogens (tertiary/aromatic N) is 5. The van der Waals surface area contributed by atoms with E-state index in [4.69, 9.17) is 9.15 Å². The lowest BCUT2D eigenvalue weighted by Crippen LogP contribution is -2.33. The third-order valence-electron chi connectivity index (χ3n) is 6.12. The Labute approximate surface area is 248 Å². The van der Waals surface area contributed by atoms with Gasteiger partial charge < -0.3 is 29.8 Å². The summed E-state index contributed by atoms with van der Waals surface area (Å²) < 4.78 is 38.1. The highest BCUT2D eigenvalue weighted by molar-refractivity contribution is 7.92. The summed E-state index contributed by atoms with van der Waals surface area (Å²) in [6.45, 7) is 2.02. The van der Waals surface area contributed by atoms with Crippen molar-refractivity contribution < 1.29 is 32.3 Å². The van der Waals surface area contributed by atoms with Gasteiger partial charge in [-0.3, -0.25) is 0 Å². The summed E-state index contributed by atoms with van der Waals surface area (Å²) in [5, 5.41) is 15.7. The molecule has 1 amide bonds. The van der Waals surface area contributed by atoms with Crippen molar-refractivity contribution in [2.75, 3.05) is 36.1 Å². The number of aromatic nitrogens is 3. The van der Waals surface area contributed by atoms with Crippen molar-refractivity contribution in [3.05, 3.63) is 83.8 Å². The highest BCUT2D eigenvalue weighted by atomic mass is 32.2. The monoisotopic (exact) mass is 609 g/mol. The smallest absolute Gasteiger partial charge is 0.414 e. The third kappa shape index (κ3) is 7.97. The Morgan fingerprint density at radius 3 is 2.26 bits per heavy atom. The molecule has 0 aliphatic rings. The summed E-state index contributed by atoms with van der Waals surface area (Å²) in [6, 6.07) is 14.9. The number of hydrogen-bond acceptors (Lipinski definition) is 11. The predicted octanol–water partition coefficient (Wildman–Crippen LogP) is 3.38. The molecule has 226 valence electrons. The Morgan fingerprint density at radius 2 is 1.65 bits per heavy atom. The number of hydrogen-bond donors (Lipinski definition) is 3. The van der Waals surface area contributed by atoms with Crippen molar-refractivity contribution in [3.63, 3.8) is 0 Å². The fourth-order valence-electron chi connectivity index (χ4n) is 3.68. The molecule has 15 heteroatoms. The molecule has 14 nitrogen and oxygen atoms in total. The van der Waals surface area contributed by atoms with Crippen molar-refractivity contribution in [2.45, 2.75) is 30.8 Å². The van der Waals surface area contributed by atoms with Crippen molar-refractivity contribution in [1.29, 1.82) is 0 Å². The van der Waals surface area contributed by atoms with E-state index < -0.39 is 28.1 Å². The van der Waals surface area contributed by atoms with Gasteiger partial charge in [0.25, 0.3) is 10.0 Å². The number of ether oxygens (including phenoxy) is 1. The van der Waals surface area contributed by atoms with Crippen LogP contribution in [0.2, 0.25) is 0 Å². The fourth-order valence-corrected chi connectivity index (χ4v) is 4.77. The van der Waals surface area contributed by atoms with Crippen molar-refractivity contribution in [1.82, 2.24) is 19.9 Å². The predicted molar refractivity (Wildman–Crippen MR) is 158 cm³/mol. The molecule has 0 radical (unpaired) electrons. The SMILES string of the molecule is Cc1ccc(S(=O)(=O)N(C)c2nc(NCc3ccco3)nc(N[C@@H](Cc3ccc(OC(=O)N(C)C)cc3)C(=O)O)n2)cc1. The number of rotatable bonds is 12. The number of aryl methyl sites for hydroxylation is 1. The van der Waals surface area contributed by atoms with Crippen LogP contribution in [0, 0.1) is 6.92 Å². The summed E-state index contributed by atoms with van der Waals surface area (Å²) in [7, 11) is 0.346. The minimum absolute atomic E-state index is 0.00488. The van der Waals surface area contributed by atoms with Gasteiger partial charge in [0.15, 0.2) is 0 Å². The van der Waals surface area contributed by atoms with Gasteiger partial charge in [-0.05, 0) is 48.9 Å². The van der Waals surface area contributed by atoms with Crippen LogP contribution in [0.4, 0.5) is 22.6 Å². The highest BCUT2D eigenvalue weighted by Crippen LogP contribution is 2.23. The topological polar surface area (TPSA) is 180 Å². The van der Waals surface area contributed by atoms with Crippen molar-refractivity contribution >= 4 is 39.9 Å². The van der Waals surface area contributed by atoms with Crippen LogP contribution in [-0.2, 0) is 27.8 Å². The third-order valence-corrected chi connectivity index (χ3v) is 7.87. The van der Waals surface area contributed by atoms with E-state index in [0.29, 0.717) is 17.1 Å². The van der Waals surface area contributed by atoms with Gasteiger partial charge in [-0.1, -0.05) is 29.8 Å². The number of aliphatic carboxylic acids is 1. The molecule has 2 heterocycles. The van der Waals surface area contributed by atoms with Gasteiger partial charge in [-0.15, -0.1) is 0 Å². The van der Waals surface area contributed by atoms with Gasteiger partial charge in [-0.2, -0.15) is 15.0 Å². The lowest BCUT2D eigenvalue weighted by atomic mass is 10.1. The Morgan fingerprint density at radius 1 is 0.977 bits per heavy atom. The lowest BCUT2D eigenvalue weighted by Gasteiger charge is -2.20. The van der Waals surface area contributed by atoms with Gasteiger partial charge in [0, 0.05) is 27.6 Å². The molecular formula is C28H31N7O7S. The number of sulfonamides is 1. The Kier molecular flexibility index (Phi) is 9.45. The maximum Gasteiger partial charge on any atom is 0.414 e. The molecule has 2 aromatic carbocycles. The average molecular weight is 610 g/mol. The molecule has 1 atom stereocenters. The highest BCUT2D eigenvalue weighted by Gasteiger charge is 2.26. The van der Waals surface area contributed by atoms with Gasteiger partial charge in [0.2, 0.25) is 17.8 Å². The van der Waals surface area contributed by atoms with Gasteiger partial charge >= 0.3 is 12.1 Å². The maximum atomic E-state index is 13.4. The number of amides is 1. The van der Waals surface area contributed by atoms with Crippen molar-refractivity contribution in [3.8, 4) is 5.75 Å². The molecule has 0 unspecified atom stereocenters. The zero-order valence-electron chi connectivity index (χ0n) is 23.9. The molecule has 2 aromatic heterocycles. The zero-order valence-corrected chi connectivity index (χ0v) is 24.7. The van der Waals surface area contributed by atoms with Crippen LogP contribution in [0.1, 0.15) is 16.9 Å². The van der Waals surface area contributed by atoms with Crippen LogP contribution >= 0.6 is 0 Å². The van der Waals surface area contributed by atoms with E-state index in [1.807, 2.05) is 6.92 Å². The summed E-state index contributed by atoms with van der Waals surface area (Å²) >= 11 is 0. The van der Waals surface area contributed by atoms with Crippen LogP contribution in [0.25, 0.3) is 0 Å². The summed E-state index contributed by atoms with van der Waals surface area (Å²) in [6.07, 6.45) is 0.959. The quantitative estimate of drug-likeness (QED) is 0.213. The number of carbonyl (C=O) groups excluding carboxylic acids is 1. The van der Waals surface area contributed by atoms with E-state index in [1.165, 1.54) is 30.3 Å². The molecule has 0 aliphatic carbocycles. The van der Waals surface area contributed by atoms with Gasteiger partial charge in [0.1, 0.15) is 17.6 Å². The molecule has 4 aromatic rings. The number of benzene rings is 2. The molecule has 3 N–H and O–H groups in total. The molecular weight excluding hydrogens is 578 g/mol. The van der Waals surface area contributed by atoms with Crippen LogP contribution in [-0.4, -0.2) is 72.6 Å². The van der Waals surface area contributed by atoms with Crippen molar-refractivity contribution in [2.24, 2.45) is 0 Å². The summed E-state index contributed by atoms with van der Waals surface area (Å²) in [4.78, 5) is 38.1. The zero-order chi connectivity index (χ0) is 31.1. The summed E-state index contributed by atoms with van der Waals surface area (Å²) in [5.41, 5.74) is 1.51. The lowest BCUT2D eigenvalue weighted by molar-refractivity contribution is -0.137. The standard InChI is InChI=1S/C28H31N7O7S/c1-18-7-13-22(14-8-18)43(39,40)35(4)27-32-25(29-17-21-6-5-15-41-21)31-26(33-27)30-23(24(36)37)16-19-9-11-20(12-10-19)42-28(38)34(2)3/h5-15,23H,16-17H2,1-4H3,(H,36,37)(H2,29,30,31,32,33)/t23-/m0/s1. The van der Waals surface area contributed by atoms with Crippen LogP contribution in [0.15, 0.2) is 76.2 Å². The molecule has 0 spiro atoms. The van der Waals surface area contributed by atoms with E-state index in [1.54, 1.807) is 62.6 Å². The van der Waals surface area contributed by atoms with E-state index in [9.17, 15) is 23.1 Å². The van der Waals surface area contributed by atoms with Gasteiger partial charge in [-0.25, -0.2) is 22.3 Å². The van der Waals surface area contributed by atoms with E-state index in [2.05, 4.69) is 25.6 Å². The largest absolute Gasteiger partial charge is 0.480 e. The first-order chi connectivity index (χ1) is 20.4. The molecule has 0 aliphatic heterocycles. The Balaban J connectivity index is 1.60. The fraction of sp³-hybridized carbons (Fsp3) is 0.250. The van der Waals surface area contributed by atoms with Gasteiger partial charge in [0.05, 0.1) is 17.7 Å². The number of furan rings is 1. The van der Waals surface area contributed by atoms with Crippen LogP contribution < -0.4 is 19.7 Å². The van der Waals surface area contributed by atoms with Crippen LogP contribution in [0.5, 0.6) is 5.75 Å². The first-order valence-corrected chi connectivity index (χ1v) is 14.4. The van der Waals surface area contributed by atoms with E-state index >= 15 is 0 Å². The van der Waals surface area contributed by atoms with E-state index in [-0.39, 0.29) is 35.7 Å². The normalized spacial score (nSPS) is 11.8. The second-order valence-electron chi connectivity index (χ2n) is 9.65. The number of carbonyl (C=O) groups is 2. The number of carboxylic acids is 1.